The van der Waals surface area contributed by atoms with Gasteiger partial charge in [-0.05, 0) is 36.6 Å². The van der Waals surface area contributed by atoms with Crippen molar-refractivity contribution in [2.24, 2.45) is 0 Å². The first-order valence-corrected chi connectivity index (χ1v) is 5.22. The predicted molar refractivity (Wildman–Crippen MR) is 60.1 cm³/mol. The van der Waals surface area contributed by atoms with Gasteiger partial charge in [0.05, 0.1) is 0 Å². The number of aliphatic carboxylic acids is 1. The largest absolute Gasteiger partial charge is 0.481 e. The summed E-state index contributed by atoms with van der Waals surface area (Å²) in [6, 6.07) is 4.45. The molecule has 0 saturated heterocycles. The summed E-state index contributed by atoms with van der Waals surface area (Å²) in [7, 11) is 0. The van der Waals surface area contributed by atoms with E-state index in [4.69, 9.17) is 5.11 Å². The molecule has 1 amide bonds. The SMILES string of the molecule is Cc1cc(F)ccc1CCNC(=O)CC(=O)O. The van der Waals surface area contributed by atoms with Crippen LogP contribution in [0.5, 0.6) is 0 Å². The third-order valence-corrected chi connectivity index (χ3v) is 2.33. The summed E-state index contributed by atoms with van der Waals surface area (Å²) < 4.78 is 12.8. The molecule has 0 aliphatic carbocycles. The maximum absolute atomic E-state index is 12.8. The maximum Gasteiger partial charge on any atom is 0.312 e. The van der Waals surface area contributed by atoms with Crippen molar-refractivity contribution in [3.05, 3.63) is 35.1 Å². The molecule has 0 aliphatic heterocycles. The summed E-state index contributed by atoms with van der Waals surface area (Å²) in [5, 5.41) is 10.9. The van der Waals surface area contributed by atoms with Gasteiger partial charge in [0.15, 0.2) is 0 Å². The van der Waals surface area contributed by atoms with E-state index in [1.165, 1.54) is 12.1 Å². The van der Waals surface area contributed by atoms with Gasteiger partial charge < -0.3 is 10.4 Å². The van der Waals surface area contributed by atoms with Crippen LogP contribution in [0.1, 0.15) is 17.5 Å². The molecular formula is C12H14FNO3. The molecule has 17 heavy (non-hydrogen) atoms. The Hall–Kier alpha value is -1.91. The van der Waals surface area contributed by atoms with Crippen LogP contribution in [0.4, 0.5) is 4.39 Å². The zero-order valence-electron chi connectivity index (χ0n) is 9.50. The summed E-state index contributed by atoms with van der Waals surface area (Å²) in [5.74, 6) is -1.96. The Kier molecular flexibility index (Phi) is 4.63. The van der Waals surface area contributed by atoms with E-state index in [-0.39, 0.29) is 5.82 Å². The number of hydrogen-bond acceptors (Lipinski definition) is 2. The molecule has 2 N–H and O–H groups in total. The highest BCUT2D eigenvalue weighted by Crippen LogP contribution is 2.10. The van der Waals surface area contributed by atoms with Crippen LogP contribution in [0.25, 0.3) is 0 Å². The average molecular weight is 239 g/mol. The lowest BCUT2D eigenvalue weighted by molar-refractivity contribution is -0.140. The normalized spacial score (nSPS) is 10.0. The molecule has 0 fully saturated rings. The minimum atomic E-state index is -1.15. The third-order valence-electron chi connectivity index (χ3n) is 2.33. The molecule has 5 heteroatoms. The Bertz CT molecular complexity index is 432. The number of carboxylic acid groups (broad SMARTS) is 1. The Labute approximate surface area is 98.5 Å². The van der Waals surface area contributed by atoms with Crippen molar-refractivity contribution in [3.8, 4) is 0 Å². The van der Waals surface area contributed by atoms with Gasteiger partial charge in [0.25, 0.3) is 0 Å². The summed E-state index contributed by atoms with van der Waals surface area (Å²) in [6.07, 6.45) is 0.0277. The predicted octanol–water partition coefficient (Wildman–Crippen LogP) is 1.27. The molecule has 0 aromatic heterocycles. The van der Waals surface area contributed by atoms with Crippen LogP contribution in [-0.4, -0.2) is 23.5 Å². The van der Waals surface area contributed by atoms with Gasteiger partial charge in [0, 0.05) is 6.54 Å². The lowest BCUT2D eigenvalue weighted by Crippen LogP contribution is -2.27. The monoisotopic (exact) mass is 239 g/mol. The molecule has 0 saturated carbocycles. The minimum absolute atomic E-state index is 0.291. The van der Waals surface area contributed by atoms with E-state index in [1.807, 2.05) is 0 Å². The Morgan fingerprint density at radius 2 is 2.12 bits per heavy atom. The fourth-order valence-electron chi connectivity index (χ4n) is 1.48. The van der Waals surface area contributed by atoms with Gasteiger partial charge in [-0.15, -0.1) is 0 Å². The molecular weight excluding hydrogens is 225 g/mol. The van der Waals surface area contributed by atoms with E-state index in [2.05, 4.69) is 5.32 Å². The van der Waals surface area contributed by atoms with E-state index in [0.29, 0.717) is 13.0 Å². The lowest BCUT2D eigenvalue weighted by atomic mass is 10.1. The third kappa shape index (κ3) is 4.63. The molecule has 0 atom stereocenters. The van der Waals surface area contributed by atoms with Gasteiger partial charge in [-0.3, -0.25) is 9.59 Å². The highest BCUT2D eigenvalue weighted by Gasteiger charge is 2.06. The van der Waals surface area contributed by atoms with Crippen molar-refractivity contribution in [3.63, 3.8) is 0 Å². The van der Waals surface area contributed by atoms with Gasteiger partial charge in [-0.25, -0.2) is 4.39 Å². The van der Waals surface area contributed by atoms with Crippen molar-refractivity contribution in [1.29, 1.82) is 0 Å². The number of amides is 1. The Morgan fingerprint density at radius 1 is 1.41 bits per heavy atom. The van der Waals surface area contributed by atoms with Crippen molar-refractivity contribution in [2.45, 2.75) is 19.8 Å². The van der Waals surface area contributed by atoms with Gasteiger partial charge in [0.1, 0.15) is 12.2 Å². The van der Waals surface area contributed by atoms with Crippen LogP contribution in [0, 0.1) is 12.7 Å². The van der Waals surface area contributed by atoms with Crippen LogP contribution < -0.4 is 5.32 Å². The second-order valence-corrected chi connectivity index (χ2v) is 3.74. The number of benzene rings is 1. The van der Waals surface area contributed by atoms with E-state index in [1.54, 1.807) is 13.0 Å². The van der Waals surface area contributed by atoms with Crippen molar-refractivity contribution >= 4 is 11.9 Å². The van der Waals surface area contributed by atoms with E-state index < -0.39 is 18.3 Å². The highest BCUT2D eigenvalue weighted by molar-refractivity contribution is 5.93. The molecule has 92 valence electrons. The summed E-state index contributed by atoms with van der Waals surface area (Å²) in [4.78, 5) is 21.3. The highest BCUT2D eigenvalue weighted by atomic mass is 19.1. The van der Waals surface area contributed by atoms with Crippen LogP contribution in [0.15, 0.2) is 18.2 Å². The van der Waals surface area contributed by atoms with E-state index >= 15 is 0 Å². The number of carbonyl (C=O) groups excluding carboxylic acids is 1. The smallest absolute Gasteiger partial charge is 0.312 e. The van der Waals surface area contributed by atoms with Gasteiger partial charge in [-0.1, -0.05) is 6.07 Å². The van der Waals surface area contributed by atoms with Gasteiger partial charge >= 0.3 is 5.97 Å². The molecule has 1 aromatic rings. The van der Waals surface area contributed by atoms with Gasteiger partial charge in [-0.2, -0.15) is 0 Å². The van der Waals surface area contributed by atoms with E-state index in [9.17, 15) is 14.0 Å². The fraction of sp³-hybridized carbons (Fsp3) is 0.333. The van der Waals surface area contributed by atoms with Crippen LogP contribution in [0.2, 0.25) is 0 Å². The molecule has 0 bridgehead atoms. The summed E-state index contributed by atoms with van der Waals surface area (Å²) in [6.45, 7) is 2.13. The van der Waals surface area contributed by atoms with Gasteiger partial charge in [0.2, 0.25) is 5.91 Å². The summed E-state index contributed by atoms with van der Waals surface area (Å²) >= 11 is 0. The number of aryl methyl sites for hydroxylation is 1. The maximum atomic E-state index is 12.8. The first-order valence-electron chi connectivity index (χ1n) is 5.22. The Morgan fingerprint density at radius 3 is 2.71 bits per heavy atom. The first kappa shape index (κ1) is 13.2. The molecule has 0 spiro atoms. The minimum Gasteiger partial charge on any atom is -0.481 e. The van der Waals surface area contributed by atoms with E-state index in [0.717, 1.165) is 11.1 Å². The number of carboxylic acids is 1. The van der Waals surface area contributed by atoms with Crippen molar-refractivity contribution < 1.29 is 19.1 Å². The summed E-state index contributed by atoms with van der Waals surface area (Å²) in [5.41, 5.74) is 1.75. The topological polar surface area (TPSA) is 66.4 Å². The van der Waals surface area contributed by atoms with Crippen LogP contribution in [-0.2, 0) is 16.0 Å². The second kappa shape index (κ2) is 5.98. The first-order chi connectivity index (χ1) is 7.99. The molecule has 0 radical (unpaired) electrons. The fourth-order valence-corrected chi connectivity index (χ4v) is 1.48. The molecule has 0 heterocycles. The average Bonchev–Trinajstić information content (AvgIpc) is 2.20. The van der Waals surface area contributed by atoms with Crippen LogP contribution >= 0.6 is 0 Å². The number of nitrogens with one attached hydrogen (secondary N) is 1. The Balaban J connectivity index is 2.41. The standard InChI is InChI=1S/C12H14FNO3/c1-8-6-10(13)3-2-9(8)4-5-14-11(15)7-12(16)17/h2-3,6H,4-5,7H2,1H3,(H,14,15)(H,16,17). The number of rotatable bonds is 5. The molecule has 1 rings (SSSR count). The quantitative estimate of drug-likeness (QED) is 0.760. The second-order valence-electron chi connectivity index (χ2n) is 3.74. The lowest BCUT2D eigenvalue weighted by Gasteiger charge is -2.06. The number of halogens is 1. The zero-order valence-corrected chi connectivity index (χ0v) is 9.50. The molecule has 4 nitrogen and oxygen atoms in total. The number of carbonyl (C=O) groups is 2. The van der Waals surface area contributed by atoms with Crippen molar-refractivity contribution in [1.82, 2.24) is 5.32 Å². The molecule has 0 aliphatic rings. The van der Waals surface area contributed by atoms with Crippen LogP contribution in [0.3, 0.4) is 0 Å². The molecule has 1 aromatic carbocycles. The van der Waals surface area contributed by atoms with Crippen molar-refractivity contribution in [2.75, 3.05) is 6.54 Å². The molecule has 0 unspecified atom stereocenters. The number of hydrogen-bond donors (Lipinski definition) is 2. The zero-order chi connectivity index (χ0) is 12.8.